The molecule has 5 atom stereocenters. The number of hydrogen-bond donors (Lipinski definition) is 1. The van der Waals surface area contributed by atoms with Crippen LogP contribution in [-0.2, 0) is 18.6 Å². The predicted octanol–water partition coefficient (Wildman–Crippen LogP) is 0.753. The molecule has 1 aliphatic heterocycles. The summed E-state index contributed by atoms with van der Waals surface area (Å²) < 4.78 is 27.1. The van der Waals surface area contributed by atoms with E-state index < -0.39 is 19.7 Å². The summed E-state index contributed by atoms with van der Waals surface area (Å²) >= 11 is 0. The molecule has 0 aromatic heterocycles. The number of rotatable bonds is 5. The van der Waals surface area contributed by atoms with Crippen molar-refractivity contribution in [2.45, 2.75) is 32.1 Å². The van der Waals surface area contributed by atoms with E-state index in [9.17, 15) is 9.46 Å². The highest BCUT2D eigenvalue weighted by Crippen LogP contribution is 2.46. The lowest BCUT2D eigenvalue weighted by Crippen LogP contribution is -2.31. The molecule has 1 rings (SSSR count). The van der Waals surface area contributed by atoms with Gasteiger partial charge in [0.15, 0.2) is 0 Å². The van der Waals surface area contributed by atoms with Gasteiger partial charge in [-0.25, -0.2) is 0 Å². The molecule has 0 aromatic rings. The van der Waals surface area contributed by atoms with Crippen LogP contribution in [0.15, 0.2) is 0 Å². The van der Waals surface area contributed by atoms with Crippen LogP contribution in [0.3, 0.4) is 0 Å². The van der Waals surface area contributed by atoms with Gasteiger partial charge in [-0.3, -0.25) is 4.57 Å². The Morgan fingerprint density at radius 1 is 1.56 bits per heavy atom. The maximum Gasteiger partial charge on any atom is 0.328 e. The second kappa shape index (κ2) is 5.65. The van der Waals surface area contributed by atoms with Crippen LogP contribution in [0.5, 0.6) is 0 Å². The second-order valence-corrected chi connectivity index (χ2v) is 6.10. The maximum atomic E-state index is 11.5. The molecule has 7 heteroatoms. The fraction of sp³-hybridized carbons (Fsp3) is 1.00. The SMILES string of the molecule is [B]C1OC(COC)C(OP(=O)(O)CC)C1C. The highest BCUT2D eigenvalue weighted by molar-refractivity contribution is 7.52. The van der Waals surface area contributed by atoms with Gasteiger partial charge in [0.25, 0.3) is 0 Å². The van der Waals surface area contributed by atoms with Gasteiger partial charge in [0, 0.05) is 25.2 Å². The Hall–Kier alpha value is 0.135. The van der Waals surface area contributed by atoms with E-state index in [-0.39, 0.29) is 18.2 Å². The Morgan fingerprint density at radius 3 is 2.69 bits per heavy atom. The largest absolute Gasteiger partial charge is 0.382 e. The molecule has 16 heavy (non-hydrogen) atoms. The molecule has 92 valence electrons. The third-order valence-electron chi connectivity index (χ3n) is 2.75. The van der Waals surface area contributed by atoms with Crippen molar-refractivity contribution in [3.63, 3.8) is 0 Å². The van der Waals surface area contributed by atoms with E-state index in [1.807, 2.05) is 6.92 Å². The van der Waals surface area contributed by atoms with E-state index in [0.717, 1.165) is 0 Å². The summed E-state index contributed by atoms with van der Waals surface area (Å²) in [6.07, 6.45) is -0.807. The van der Waals surface area contributed by atoms with Crippen molar-refractivity contribution in [2.24, 2.45) is 5.92 Å². The fourth-order valence-electron chi connectivity index (χ4n) is 1.66. The van der Waals surface area contributed by atoms with Crippen molar-refractivity contribution in [3.8, 4) is 0 Å². The lowest BCUT2D eigenvalue weighted by molar-refractivity contribution is -0.0130. The lowest BCUT2D eigenvalue weighted by atomic mass is 9.86. The smallest absolute Gasteiger partial charge is 0.328 e. The van der Waals surface area contributed by atoms with Gasteiger partial charge < -0.3 is 18.9 Å². The summed E-state index contributed by atoms with van der Waals surface area (Å²) in [5.74, 6) is -0.132. The van der Waals surface area contributed by atoms with E-state index in [1.54, 1.807) is 6.92 Å². The molecule has 1 aliphatic rings. The first kappa shape index (κ1) is 14.2. The van der Waals surface area contributed by atoms with Gasteiger partial charge in [-0.05, 0) is 0 Å². The average Bonchev–Trinajstić information content (AvgIpc) is 2.47. The maximum absolute atomic E-state index is 11.5. The van der Waals surface area contributed by atoms with E-state index >= 15 is 0 Å². The fourth-order valence-corrected chi connectivity index (χ4v) is 2.51. The van der Waals surface area contributed by atoms with Gasteiger partial charge in [-0.15, -0.1) is 0 Å². The summed E-state index contributed by atoms with van der Waals surface area (Å²) in [6, 6.07) is -0.484. The Balaban J connectivity index is 2.70. The average molecular weight is 248 g/mol. The summed E-state index contributed by atoms with van der Waals surface area (Å²) in [6.45, 7) is 3.74. The Kier molecular flexibility index (Phi) is 5.01. The van der Waals surface area contributed by atoms with Crippen LogP contribution in [0.4, 0.5) is 0 Å². The first-order valence-corrected chi connectivity index (χ1v) is 7.07. The minimum absolute atomic E-state index is 0.0746. The summed E-state index contributed by atoms with van der Waals surface area (Å²) in [5.41, 5.74) is 0. The molecule has 1 heterocycles. The van der Waals surface area contributed by atoms with Crippen LogP contribution in [0.1, 0.15) is 13.8 Å². The molecule has 0 saturated carbocycles. The molecule has 0 aromatic carbocycles. The van der Waals surface area contributed by atoms with Gasteiger partial charge in [0.1, 0.15) is 14.0 Å². The van der Waals surface area contributed by atoms with Crippen LogP contribution >= 0.6 is 7.60 Å². The summed E-state index contributed by atoms with van der Waals surface area (Å²) in [4.78, 5) is 9.47. The van der Waals surface area contributed by atoms with Gasteiger partial charge in [-0.2, -0.15) is 0 Å². The molecular weight excluding hydrogens is 230 g/mol. The number of ether oxygens (including phenoxy) is 2. The first-order chi connectivity index (χ1) is 7.41. The highest BCUT2D eigenvalue weighted by atomic mass is 31.2. The van der Waals surface area contributed by atoms with Crippen molar-refractivity contribution in [2.75, 3.05) is 19.9 Å². The normalized spacial score (nSPS) is 38.5. The molecule has 1 fully saturated rings. The van der Waals surface area contributed by atoms with Crippen molar-refractivity contribution < 1.29 is 23.5 Å². The van der Waals surface area contributed by atoms with Crippen molar-refractivity contribution in [1.82, 2.24) is 0 Å². The van der Waals surface area contributed by atoms with E-state index in [0.29, 0.717) is 6.61 Å². The quantitative estimate of drug-likeness (QED) is 0.574. The highest BCUT2D eigenvalue weighted by Gasteiger charge is 2.43. The molecule has 5 nitrogen and oxygen atoms in total. The summed E-state index contributed by atoms with van der Waals surface area (Å²) in [5, 5.41) is 0. The molecule has 0 amide bonds. The molecule has 1 saturated heterocycles. The van der Waals surface area contributed by atoms with Crippen LogP contribution in [0.2, 0.25) is 0 Å². The van der Waals surface area contributed by atoms with Crippen LogP contribution in [0.25, 0.3) is 0 Å². The van der Waals surface area contributed by atoms with Crippen molar-refractivity contribution >= 4 is 15.4 Å². The molecule has 0 aliphatic carbocycles. The molecular formula is C9H18BO5P. The molecule has 0 spiro atoms. The standard InChI is InChI=1S/C9H18BO5P/c1-4-16(11,12)15-8-6(2)9(10)14-7(8)5-13-3/h6-9H,4-5H2,1-3H3,(H,11,12). The van der Waals surface area contributed by atoms with Gasteiger partial charge in [0.05, 0.1) is 12.7 Å². The monoisotopic (exact) mass is 248 g/mol. The molecule has 5 unspecified atom stereocenters. The minimum atomic E-state index is -3.54. The minimum Gasteiger partial charge on any atom is -0.382 e. The van der Waals surface area contributed by atoms with Gasteiger partial charge in [-0.1, -0.05) is 13.8 Å². The van der Waals surface area contributed by atoms with Gasteiger partial charge >= 0.3 is 7.60 Å². The van der Waals surface area contributed by atoms with Crippen LogP contribution < -0.4 is 0 Å². The zero-order valence-electron chi connectivity index (χ0n) is 9.83. The zero-order chi connectivity index (χ0) is 12.3. The lowest BCUT2D eigenvalue weighted by Gasteiger charge is -2.23. The molecule has 0 bridgehead atoms. The van der Waals surface area contributed by atoms with Crippen LogP contribution in [0, 0.1) is 5.92 Å². The first-order valence-electron chi connectivity index (χ1n) is 5.31. The second-order valence-electron chi connectivity index (χ2n) is 3.98. The van der Waals surface area contributed by atoms with Gasteiger partial charge in [0.2, 0.25) is 0 Å². The molecule has 2 radical (unpaired) electrons. The van der Waals surface area contributed by atoms with Crippen molar-refractivity contribution in [3.05, 3.63) is 0 Å². The zero-order valence-corrected chi connectivity index (χ0v) is 10.7. The van der Waals surface area contributed by atoms with Crippen molar-refractivity contribution in [1.29, 1.82) is 0 Å². The predicted molar refractivity (Wildman–Crippen MR) is 60.7 cm³/mol. The summed E-state index contributed by atoms with van der Waals surface area (Å²) in [7, 11) is 3.72. The van der Waals surface area contributed by atoms with E-state index in [4.69, 9.17) is 21.8 Å². The Bertz CT molecular complexity index is 275. The topological polar surface area (TPSA) is 65.0 Å². The molecule has 1 N–H and O–H groups in total. The number of hydrogen-bond acceptors (Lipinski definition) is 4. The third kappa shape index (κ3) is 3.31. The van der Waals surface area contributed by atoms with E-state index in [2.05, 4.69) is 0 Å². The Morgan fingerprint density at radius 2 is 2.19 bits per heavy atom. The van der Waals surface area contributed by atoms with Crippen LogP contribution in [-0.4, -0.2) is 50.8 Å². The third-order valence-corrected chi connectivity index (χ3v) is 4.12. The Labute approximate surface area is 97.4 Å². The van der Waals surface area contributed by atoms with E-state index in [1.165, 1.54) is 7.11 Å². The number of methoxy groups -OCH3 is 1.